The first-order chi connectivity index (χ1) is 10.5. The lowest BCUT2D eigenvalue weighted by atomic mass is 9.93. The molecule has 0 bridgehead atoms. The first kappa shape index (κ1) is 16.0. The predicted molar refractivity (Wildman–Crippen MR) is 85.5 cm³/mol. The summed E-state index contributed by atoms with van der Waals surface area (Å²) in [5.74, 6) is -2.04. The molecule has 0 aliphatic heterocycles. The van der Waals surface area contributed by atoms with E-state index in [4.69, 9.17) is 0 Å². The number of hydrogen-bond donors (Lipinski definition) is 1. The van der Waals surface area contributed by atoms with E-state index in [1.165, 1.54) is 0 Å². The van der Waals surface area contributed by atoms with Gasteiger partial charge in [0.2, 0.25) is 0 Å². The van der Waals surface area contributed by atoms with Gasteiger partial charge in [-0.05, 0) is 29.5 Å². The molecule has 1 aromatic carbocycles. The lowest BCUT2D eigenvalue weighted by molar-refractivity contribution is -0.147. The molecule has 0 fully saturated rings. The Kier molecular flexibility index (Phi) is 5.15. The van der Waals surface area contributed by atoms with E-state index in [0.717, 1.165) is 11.1 Å². The molecule has 22 heavy (non-hydrogen) atoms. The SMILES string of the molecule is CC(C)C[C@@H](C(=O)O)C(=O)Cn1ccc(-c2ccccc2)c1. The average Bonchev–Trinajstić information content (AvgIpc) is 2.93. The van der Waals surface area contributed by atoms with Gasteiger partial charge < -0.3 is 9.67 Å². The van der Waals surface area contributed by atoms with E-state index >= 15 is 0 Å². The highest BCUT2D eigenvalue weighted by molar-refractivity contribution is 5.98. The van der Waals surface area contributed by atoms with E-state index in [-0.39, 0.29) is 18.2 Å². The Balaban J connectivity index is 2.09. The number of carboxylic acid groups (broad SMARTS) is 1. The van der Waals surface area contributed by atoms with Crippen LogP contribution in [0.2, 0.25) is 0 Å². The number of nitrogens with zero attached hydrogens (tertiary/aromatic N) is 1. The molecule has 0 amide bonds. The molecular weight excluding hydrogens is 278 g/mol. The third-order valence-electron chi connectivity index (χ3n) is 3.59. The van der Waals surface area contributed by atoms with Gasteiger partial charge in [0, 0.05) is 12.4 Å². The van der Waals surface area contributed by atoms with Crippen molar-refractivity contribution in [2.75, 3.05) is 0 Å². The van der Waals surface area contributed by atoms with Crippen molar-refractivity contribution in [3.05, 3.63) is 48.8 Å². The lowest BCUT2D eigenvalue weighted by Gasteiger charge is -2.13. The van der Waals surface area contributed by atoms with Crippen molar-refractivity contribution in [2.24, 2.45) is 11.8 Å². The van der Waals surface area contributed by atoms with Crippen LogP contribution in [0, 0.1) is 11.8 Å². The zero-order valence-corrected chi connectivity index (χ0v) is 12.9. The van der Waals surface area contributed by atoms with Crippen LogP contribution < -0.4 is 0 Å². The van der Waals surface area contributed by atoms with E-state index < -0.39 is 11.9 Å². The Labute approximate surface area is 130 Å². The Bertz CT molecular complexity index is 643. The fraction of sp³-hybridized carbons (Fsp3) is 0.333. The Hall–Kier alpha value is -2.36. The summed E-state index contributed by atoms with van der Waals surface area (Å²) in [7, 11) is 0. The minimum Gasteiger partial charge on any atom is -0.481 e. The summed E-state index contributed by atoms with van der Waals surface area (Å²) in [6, 6.07) is 11.8. The lowest BCUT2D eigenvalue weighted by Crippen LogP contribution is -2.28. The zero-order chi connectivity index (χ0) is 16.1. The number of carboxylic acids is 1. The van der Waals surface area contributed by atoms with Gasteiger partial charge >= 0.3 is 5.97 Å². The fourth-order valence-corrected chi connectivity index (χ4v) is 2.47. The molecule has 2 rings (SSSR count). The maximum atomic E-state index is 12.2. The van der Waals surface area contributed by atoms with Crippen molar-refractivity contribution in [3.63, 3.8) is 0 Å². The quantitative estimate of drug-likeness (QED) is 0.796. The molecular formula is C18H21NO3. The predicted octanol–water partition coefficient (Wildman–Crippen LogP) is 3.47. The summed E-state index contributed by atoms with van der Waals surface area (Å²) >= 11 is 0. The first-order valence-electron chi connectivity index (χ1n) is 7.44. The second-order valence-electron chi connectivity index (χ2n) is 5.93. The van der Waals surface area contributed by atoms with Crippen LogP contribution in [0.15, 0.2) is 48.8 Å². The van der Waals surface area contributed by atoms with Gasteiger partial charge in [0.1, 0.15) is 5.92 Å². The van der Waals surface area contributed by atoms with Gasteiger partial charge in [-0.2, -0.15) is 0 Å². The molecule has 0 saturated carbocycles. The maximum Gasteiger partial charge on any atom is 0.314 e. The molecule has 1 aromatic heterocycles. The van der Waals surface area contributed by atoms with Gasteiger partial charge in [-0.3, -0.25) is 9.59 Å². The average molecular weight is 299 g/mol. The number of hydrogen-bond acceptors (Lipinski definition) is 2. The molecule has 4 nitrogen and oxygen atoms in total. The van der Waals surface area contributed by atoms with E-state index in [0.29, 0.717) is 6.42 Å². The molecule has 2 aromatic rings. The summed E-state index contributed by atoms with van der Waals surface area (Å²) in [6.45, 7) is 3.94. The summed E-state index contributed by atoms with van der Waals surface area (Å²) in [6.07, 6.45) is 4.07. The third kappa shape index (κ3) is 4.07. The Morgan fingerprint density at radius 3 is 2.36 bits per heavy atom. The van der Waals surface area contributed by atoms with E-state index in [2.05, 4.69) is 0 Å². The number of carbonyl (C=O) groups is 2. The topological polar surface area (TPSA) is 59.3 Å². The number of aliphatic carboxylic acids is 1. The van der Waals surface area contributed by atoms with Crippen LogP contribution in [-0.4, -0.2) is 21.4 Å². The van der Waals surface area contributed by atoms with Crippen LogP contribution in [0.5, 0.6) is 0 Å². The minimum atomic E-state index is -1.03. The zero-order valence-electron chi connectivity index (χ0n) is 12.9. The number of Topliss-reactive ketones (excluding diaryl/α,β-unsaturated/α-hetero) is 1. The van der Waals surface area contributed by atoms with Gasteiger partial charge in [-0.1, -0.05) is 44.2 Å². The molecule has 0 aliphatic rings. The van der Waals surface area contributed by atoms with Crippen LogP contribution in [0.25, 0.3) is 11.1 Å². The van der Waals surface area contributed by atoms with Crippen molar-refractivity contribution in [2.45, 2.75) is 26.8 Å². The number of carbonyl (C=O) groups excluding carboxylic acids is 1. The van der Waals surface area contributed by atoms with E-state index in [9.17, 15) is 14.7 Å². The standard InChI is InChI=1S/C18H21NO3/c1-13(2)10-16(18(21)22)17(20)12-19-9-8-15(11-19)14-6-4-3-5-7-14/h3-9,11,13,16H,10,12H2,1-2H3,(H,21,22)/t16-/m1/s1. The molecule has 0 spiro atoms. The Morgan fingerprint density at radius 2 is 1.77 bits per heavy atom. The highest BCUT2D eigenvalue weighted by Crippen LogP contribution is 2.20. The highest BCUT2D eigenvalue weighted by Gasteiger charge is 2.26. The van der Waals surface area contributed by atoms with Crippen LogP contribution in [-0.2, 0) is 16.1 Å². The third-order valence-corrected chi connectivity index (χ3v) is 3.59. The molecule has 4 heteroatoms. The van der Waals surface area contributed by atoms with Crippen LogP contribution in [0.1, 0.15) is 20.3 Å². The van der Waals surface area contributed by atoms with E-state index in [1.807, 2.05) is 62.6 Å². The molecule has 1 atom stereocenters. The summed E-state index contributed by atoms with van der Waals surface area (Å²) in [5.41, 5.74) is 2.09. The summed E-state index contributed by atoms with van der Waals surface area (Å²) in [4.78, 5) is 23.5. The molecule has 116 valence electrons. The molecule has 0 aliphatic carbocycles. The van der Waals surface area contributed by atoms with E-state index in [1.54, 1.807) is 4.57 Å². The van der Waals surface area contributed by atoms with Crippen molar-refractivity contribution in [1.29, 1.82) is 0 Å². The molecule has 1 heterocycles. The van der Waals surface area contributed by atoms with Crippen molar-refractivity contribution in [1.82, 2.24) is 4.57 Å². The summed E-state index contributed by atoms with van der Waals surface area (Å²) in [5, 5.41) is 9.22. The van der Waals surface area contributed by atoms with Crippen molar-refractivity contribution in [3.8, 4) is 11.1 Å². The molecule has 0 saturated heterocycles. The Morgan fingerprint density at radius 1 is 1.09 bits per heavy atom. The van der Waals surface area contributed by atoms with Crippen LogP contribution >= 0.6 is 0 Å². The second-order valence-corrected chi connectivity index (χ2v) is 5.93. The smallest absolute Gasteiger partial charge is 0.314 e. The monoisotopic (exact) mass is 299 g/mol. The first-order valence-corrected chi connectivity index (χ1v) is 7.44. The number of benzene rings is 1. The number of ketones is 1. The normalized spacial score (nSPS) is 12.3. The van der Waals surface area contributed by atoms with Gasteiger partial charge in [0.25, 0.3) is 0 Å². The molecule has 1 N–H and O–H groups in total. The maximum absolute atomic E-state index is 12.2. The van der Waals surface area contributed by atoms with Crippen LogP contribution in [0.4, 0.5) is 0 Å². The van der Waals surface area contributed by atoms with Gasteiger partial charge in [0.05, 0.1) is 6.54 Å². The van der Waals surface area contributed by atoms with Crippen LogP contribution in [0.3, 0.4) is 0 Å². The minimum absolute atomic E-state index is 0.0938. The van der Waals surface area contributed by atoms with Crippen molar-refractivity contribution >= 4 is 11.8 Å². The highest BCUT2D eigenvalue weighted by atomic mass is 16.4. The van der Waals surface area contributed by atoms with Gasteiger partial charge in [-0.25, -0.2) is 0 Å². The van der Waals surface area contributed by atoms with Crippen molar-refractivity contribution < 1.29 is 14.7 Å². The largest absolute Gasteiger partial charge is 0.481 e. The van der Waals surface area contributed by atoms with Gasteiger partial charge in [-0.15, -0.1) is 0 Å². The molecule has 0 unspecified atom stereocenters. The number of rotatable bonds is 7. The summed E-state index contributed by atoms with van der Waals surface area (Å²) < 4.78 is 1.75. The molecule has 0 radical (unpaired) electrons. The number of aromatic nitrogens is 1. The van der Waals surface area contributed by atoms with Gasteiger partial charge in [0.15, 0.2) is 5.78 Å². The fourth-order valence-electron chi connectivity index (χ4n) is 2.47. The second kappa shape index (κ2) is 7.07.